The highest BCUT2D eigenvalue weighted by Crippen LogP contribution is 2.30. The Hall–Kier alpha value is -0.380. The van der Waals surface area contributed by atoms with Gasteiger partial charge < -0.3 is 9.84 Å². The summed E-state index contributed by atoms with van der Waals surface area (Å²) in [6, 6.07) is 5.29. The average molecular weight is 261 g/mol. The number of rotatable bonds is 5. The van der Waals surface area contributed by atoms with Crippen molar-refractivity contribution in [2.24, 2.45) is 0 Å². The molecule has 2 nitrogen and oxygen atoms in total. The Kier molecular flexibility index (Phi) is 5.46. The lowest BCUT2D eigenvalue weighted by atomic mass is 10.1. The fourth-order valence-electron chi connectivity index (χ4n) is 1.34. The average Bonchev–Trinajstić information content (AvgIpc) is 2.25. The van der Waals surface area contributed by atoms with Gasteiger partial charge in [-0.15, -0.1) is 0 Å². The van der Waals surface area contributed by atoms with Gasteiger partial charge in [-0.05, 0) is 23.4 Å². The third-order valence-electron chi connectivity index (χ3n) is 2.14. The van der Waals surface area contributed by atoms with Crippen LogP contribution in [-0.2, 0) is 0 Å². The standard InChI is InChI=1S/C12H17ClO2S/c1-8(2)16-7-11(14)10-6-9(13)4-5-12(10)15-3/h4-6,8,11,14H,7H2,1-3H3. The van der Waals surface area contributed by atoms with Crippen molar-refractivity contribution >= 4 is 23.4 Å². The second-order valence-corrected chi connectivity index (χ2v) is 5.83. The van der Waals surface area contributed by atoms with Gasteiger partial charge in [-0.25, -0.2) is 0 Å². The molecule has 0 saturated carbocycles. The minimum atomic E-state index is -0.541. The molecule has 1 rings (SSSR count). The third kappa shape index (κ3) is 3.89. The molecular formula is C12H17ClO2S. The van der Waals surface area contributed by atoms with Crippen molar-refractivity contribution in [2.75, 3.05) is 12.9 Å². The molecule has 0 radical (unpaired) electrons. The molecule has 0 fully saturated rings. The lowest BCUT2D eigenvalue weighted by molar-refractivity contribution is 0.199. The van der Waals surface area contributed by atoms with Crippen LogP contribution in [0.1, 0.15) is 25.5 Å². The summed E-state index contributed by atoms with van der Waals surface area (Å²) in [6.07, 6.45) is -0.541. The van der Waals surface area contributed by atoms with Crippen molar-refractivity contribution in [3.05, 3.63) is 28.8 Å². The molecule has 1 aromatic carbocycles. The molecule has 1 unspecified atom stereocenters. The van der Waals surface area contributed by atoms with Crippen molar-refractivity contribution in [1.82, 2.24) is 0 Å². The Morgan fingerprint density at radius 2 is 2.12 bits per heavy atom. The smallest absolute Gasteiger partial charge is 0.124 e. The molecule has 1 N–H and O–H groups in total. The van der Waals surface area contributed by atoms with Crippen LogP contribution in [0, 0.1) is 0 Å². The molecule has 1 aromatic rings. The molecule has 1 atom stereocenters. The van der Waals surface area contributed by atoms with Gasteiger partial charge in [0.15, 0.2) is 0 Å². The first-order valence-electron chi connectivity index (χ1n) is 5.17. The summed E-state index contributed by atoms with van der Waals surface area (Å²) < 4.78 is 5.20. The highest BCUT2D eigenvalue weighted by molar-refractivity contribution is 7.99. The van der Waals surface area contributed by atoms with E-state index >= 15 is 0 Å². The minimum absolute atomic E-state index is 0.500. The van der Waals surface area contributed by atoms with Gasteiger partial charge in [-0.1, -0.05) is 25.4 Å². The monoisotopic (exact) mass is 260 g/mol. The second kappa shape index (κ2) is 6.38. The highest BCUT2D eigenvalue weighted by atomic mass is 35.5. The molecule has 0 bridgehead atoms. The Balaban J connectivity index is 2.80. The molecule has 0 aliphatic rings. The first-order valence-corrected chi connectivity index (χ1v) is 6.60. The second-order valence-electron chi connectivity index (χ2n) is 3.78. The van der Waals surface area contributed by atoms with Crippen LogP contribution >= 0.6 is 23.4 Å². The maximum atomic E-state index is 10.0. The first-order chi connectivity index (χ1) is 7.54. The number of aliphatic hydroxyl groups is 1. The molecule has 4 heteroatoms. The normalized spacial score (nSPS) is 12.9. The number of hydrogen-bond donors (Lipinski definition) is 1. The fourth-order valence-corrected chi connectivity index (χ4v) is 2.27. The van der Waals surface area contributed by atoms with E-state index in [-0.39, 0.29) is 0 Å². The number of halogens is 1. The van der Waals surface area contributed by atoms with Crippen molar-refractivity contribution < 1.29 is 9.84 Å². The van der Waals surface area contributed by atoms with E-state index < -0.39 is 6.10 Å². The Labute approximate surface area is 106 Å². The van der Waals surface area contributed by atoms with Crippen LogP contribution < -0.4 is 4.74 Å². The van der Waals surface area contributed by atoms with Crippen molar-refractivity contribution in [2.45, 2.75) is 25.2 Å². The molecule has 0 saturated heterocycles. The molecule has 0 spiro atoms. The number of aliphatic hydroxyl groups excluding tert-OH is 1. The van der Waals surface area contributed by atoms with E-state index in [1.165, 1.54) is 0 Å². The first kappa shape index (κ1) is 13.7. The predicted octanol–water partition coefficient (Wildman–Crippen LogP) is 3.52. The van der Waals surface area contributed by atoms with Gasteiger partial charge in [0, 0.05) is 16.3 Å². The largest absolute Gasteiger partial charge is 0.496 e. The zero-order valence-corrected chi connectivity index (χ0v) is 11.3. The fraction of sp³-hybridized carbons (Fsp3) is 0.500. The van der Waals surface area contributed by atoms with E-state index in [1.807, 2.05) is 0 Å². The number of thioether (sulfide) groups is 1. The van der Waals surface area contributed by atoms with Crippen molar-refractivity contribution in [3.63, 3.8) is 0 Å². The zero-order valence-electron chi connectivity index (χ0n) is 9.74. The maximum absolute atomic E-state index is 10.0. The van der Waals surface area contributed by atoms with E-state index in [0.717, 1.165) is 5.56 Å². The Morgan fingerprint density at radius 1 is 1.44 bits per heavy atom. The van der Waals surface area contributed by atoms with Gasteiger partial charge in [-0.3, -0.25) is 0 Å². The summed E-state index contributed by atoms with van der Waals surface area (Å²) in [5, 5.41) is 11.2. The van der Waals surface area contributed by atoms with Gasteiger partial charge >= 0.3 is 0 Å². The summed E-state index contributed by atoms with van der Waals surface area (Å²) >= 11 is 7.62. The predicted molar refractivity (Wildman–Crippen MR) is 70.6 cm³/mol. The Morgan fingerprint density at radius 3 is 2.69 bits per heavy atom. The summed E-state index contributed by atoms with van der Waals surface area (Å²) in [7, 11) is 1.59. The van der Waals surface area contributed by atoms with Crippen LogP contribution in [-0.4, -0.2) is 23.2 Å². The molecule has 0 aliphatic carbocycles. The van der Waals surface area contributed by atoms with E-state index in [0.29, 0.717) is 21.8 Å². The topological polar surface area (TPSA) is 29.5 Å². The SMILES string of the molecule is COc1ccc(Cl)cc1C(O)CSC(C)C. The highest BCUT2D eigenvalue weighted by Gasteiger charge is 2.14. The number of methoxy groups -OCH3 is 1. The van der Waals surface area contributed by atoms with Gasteiger partial charge in [0.1, 0.15) is 5.75 Å². The van der Waals surface area contributed by atoms with Crippen LogP contribution in [0.3, 0.4) is 0 Å². The summed E-state index contributed by atoms with van der Waals surface area (Å²) in [5.74, 6) is 1.33. The number of benzene rings is 1. The molecular weight excluding hydrogens is 244 g/mol. The van der Waals surface area contributed by atoms with Crippen molar-refractivity contribution in [1.29, 1.82) is 0 Å². The number of ether oxygens (including phenoxy) is 1. The van der Waals surface area contributed by atoms with Crippen LogP contribution in [0.5, 0.6) is 5.75 Å². The lowest BCUT2D eigenvalue weighted by Crippen LogP contribution is -2.05. The lowest BCUT2D eigenvalue weighted by Gasteiger charge is -2.15. The molecule has 16 heavy (non-hydrogen) atoms. The molecule has 90 valence electrons. The molecule has 0 heterocycles. The van der Waals surface area contributed by atoms with Crippen molar-refractivity contribution in [3.8, 4) is 5.75 Å². The Bertz CT molecular complexity index is 342. The summed E-state index contributed by atoms with van der Waals surface area (Å²) in [6.45, 7) is 4.21. The maximum Gasteiger partial charge on any atom is 0.124 e. The van der Waals surface area contributed by atoms with Crippen LogP contribution in [0.4, 0.5) is 0 Å². The van der Waals surface area contributed by atoms with Gasteiger partial charge in [0.2, 0.25) is 0 Å². The van der Waals surface area contributed by atoms with Gasteiger partial charge in [0.05, 0.1) is 13.2 Å². The quantitative estimate of drug-likeness (QED) is 0.878. The zero-order chi connectivity index (χ0) is 12.1. The summed E-state index contributed by atoms with van der Waals surface area (Å²) in [5.41, 5.74) is 0.753. The third-order valence-corrected chi connectivity index (χ3v) is 3.55. The van der Waals surface area contributed by atoms with Crippen LogP contribution in [0.25, 0.3) is 0 Å². The molecule has 0 aliphatic heterocycles. The molecule has 0 aromatic heterocycles. The summed E-state index contributed by atoms with van der Waals surface area (Å²) in [4.78, 5) is 0. The van der Waals surface area contributed by atoms with E-state index in [9.17, 15) is 5.11 Å². The minimum Gasteiger partial charge on any atom is -0.496 e. The molecule has 0 amide bonds. The van der Waals surface area contributed by atoms with E-state index in [4.69, 9.17) is 16.3 Å². The van der Waals surface area contributed by atoms with Crippen LogP contribution in [0.15, 0.2) is 18.2 Å². The van der Waals surface area contributed by atoms with Gasteiger partial charge in [-0.2, -0.15) is 11.8 Å². The van der Waals surface area contributed by atoms with E-state index in [1.54, 1.807) is 37.1 Å². The number of hydrogen-bond acceptors (Lipinski definition) is 3. The van der Waals surface area contributed by atoms with Gasteiger partial charge in [0.25, 0.3) is 0 Å². The van der Waals surface area contributed by atoms with Crippen LogP contribution in [0.2, 0.25) is 5.02 Å². The van der Waals surface area contributed by atoms with E-state index in [2.05, 4.69) is 13.8 Å².